The zero-order valence-corrected chi connectivity index (χ0v) is 12.9. The number of hydrogen-bond donors (Lipinski definition) is 1. The average molecular weight is 322 g/mol. The Bertz CT molecular complexity index is 449. The number of carbonyl (C=O) groups excluding carboxylic acids is 2. The first kappa shape index (κ1) is 18.3. The van der Waals surface area contributed by atoms with Crippen molar-refractivity contribution in [1.82, 2.24) is 10.2 Å². The lowest BCUT2D eigenvalue weighted by atomic mass is 9.99. The van der Waals surface area contributed by atoms with Crippen molar-refractivity contribution < 1.29 is 27.5 Å². The monoisotopic (exact) mass is 322 g/mol. The number of carbonyl (C=O) groups is 2. The number of halogens is 3. The summed E-state index contributed by atoms with van der Waals surface area (Å²) in [5.41, 5.74) is 0.274. The molecule has 2 atom stereocenters. The summed E-state index contributed by atoms with van der Waals surface area (Å²) in [4.78, 5) is 24.7. The van der Waals surface area contributed by atoms with Crippen molar-refractivity contribution in [2.24, 2.45) is 5.92 Å². The molecule has 22 heavy (non-hydrogen) atoms. The largest absolute Gasteiger partial charge is 0.466 e. The molecule has 126 valence electrons. The maximum Gasteiger partial charge on any atom is 0.408 e. The Morgan fingerprint density at radius 3 is 2.59 bits per heavy atom. The summed E-state index contributed by atoms with van der Waals surface area (Å²) < 4.78 is 43.6. The Morgan fingerprint density at radius 2 is 2.09 bits per heavy atom. The third kappa shape index (κ3) is 4.64. The van der Waals surface area contributed by atoms with E-state index in [0.717, 1.165) is 0 Å². The fourth-order valence-electron chi connectivity index (χ4n) is 2.20. The maximum absolute atomic E-state index is 13.0. The number of ether oxygens (including phenoxy) is 1. The lowest BCUT2D eigenvalue weighted by Gasteiger charge is -2.31. The predicted molar refractivity (Wildman–Crippen MR) is 74.1 cm³/mol. The first-order chi connectivity index (χ1) is 10.2. The highest BCUT2D eigenvalue weighted by Crippen LogP contribution is 2.27. The van der Waals surface area contributed by atoms with E-state index in [1.54, 1.807) is 13.0 Å². The van der Waals surface area contributed by atoms with Gasteiger partial charge in [0.25, 0.3) is 0 Å². The minimum atomic E-state index is -4.51. The van der Waals surface area contributed by atoms with E-state index in [2.05, 4.69) is 4.74 Å². The van der Waals surface area contributed by atoms with Gasteiger partial charge in [-0.25, -0.2) is 9.59 Å². The molecule has 0 spiro atoms. The Kier molecular flexibility index (Phi) is 6.25. The van der Waals surface area contributed by atoms with Crippen LogP contribution in [0.4, 0.5) is 18.0 Å². The highest BCUT2D eigenvalue weighted by Gasteiger charge is 2.44. The molecule has 0 aromatic rings. The molecular weight excluding hydrogens is 301 g/mol. The van der Waals surface area contributed by atoms with Gasteiger partial charge in [-0.15, -0.1) is 0 Å². The van der Waals surface area contributed by atoms with Crippen molar-refractivity contribution in [2.45, 2.75) is 38.9 Å². The molecule has 0 saturated carbocycles. The van der Waals surface area contributed by atoms with E-state index in [1.165, 1.54) is 18.9 Å². The van der Waals surface area contributed by atoms with Gasteiger partial charge < -0.3 is 15.0 Å². The molecule has 8 heteroatoms. The van der Waals surface area contributed by atoms with Crippen molar-refractivity contribution in [3.8, 4) is 0 Å². The molecule has 0 bridgehead atoms. The molecule has 1 aliphatic rings. The van der Waals surface area contributed by atoms with Crippen LogP contribution in [0, 0.1) is 5.92 Å². The van der Waals surface area contributed by atoms with Gasteiger partial charge in [0, 0.05) is 6.54 Å². The van der Waals surface area contributed by atoms with Crippen molar-refractivity contribution in [3.05, 3.63) is 11.6 Å². The number of esters is 1. The van der Waals surface area contributed by atoms with Gasteiger partial charge in [0.2, 0.25) is 0 Å². The van der Waals surface area contributed by atoms with Crippen LogP contribution in [0.1, 0.15) is 26.7 Å². The van der Waals surface area contributed by atoms with E-state index < -0.39 is 30.1 Å². The minimum absolute atomic E-state index is 0.0520. The first-order valence-electron chi connectivity index (χ1n) is 7.10. The molecule has 0 saturated heterocycles. The van der Waals surface area contributed by atoms with E-state index in [-0.39, 0.29) is 25.1 Å². The summed E-state index contributed by atoms with van der Waals surface area (Å²) in [6, 6.07) is -2.73. The second-order valence-corrected chi connectivity index (χ2v) is 5.29. The standard InChI is InChI=1S/C14H21F3N2O3/c1-4-9(2)11(14(15,16)17)18-13(21)19-7-5-6-10(8-19)12(20)22-3/h6,9,11H,4-5,7-8H2,1-3H3,(H,18,21)/t9-,11-/m1/s1. The SMILES string of the molecule is CC[C@@H](C)[C@@H](NC(=O)N1CCC=C(C(=O)OC)C1)C(F)(F)F. The topological polar surface area (TPSA) is 58.6 Å². The highest BCUT2D eigenvalue weighted by atomic mass is 19.4. The maximum atomic E-state index is 13.0. The fourth-order valence-corrected chi connectivity index (χ4v) is 2.20. The lowest BCUT2D eigenvalue weighted by molar-refractivity contribution is -0.164. The van der Waals surface area contributed by atoms with Crippen molar-refractivity contribution in [2.75, 3.05) is 20.2 Å². The molecule has 0 unspecified atom stereocenters. The number of urea groups is 1. The van der Waals surface area contributed by atoms with E-state index in [0.29, 0.717) is 6.42 Å². The number of hydrogen-bond acceptors (Lipinski definition) is 3. The Balaban J connectivity index is 2.75. The molecular formula is C14H21F3N2O3. The lowest BCUT2D eigenvalue weighted by Crippen LogP contribution is -2.54. The van der Waals surface area contributed by atoms with Crippen LogP contribution in [-0.4, -0.2) is 49.3 Å². The number of rotatable bonds is 4. The van der Waals surface area contributed by atoms with E-state index >= 15 is 0 Å². The molecule has 1 aliphatic heterocycles. The summed E-state index contributed by atoms with van der Waals surface area (Å²) in [5.74, 6) is -1.31. The summed E-state index contributed by atoms with van der Waals surface area (Å²) in [7, 11) is 1.21. The van der Waals surface area contributed by atoms with Crippen LogP contribution in [0.3, 0.4) is 0 Å². The summed E-state index contributed by atoms with van der Waals surface area (Å²) >= 11 is 0. The molecule has 0 aromatic carbocycles. The molecule has 2 amide bonds. The van der Waals surface area contributed by atoms with Crippen molar-refractivity contribution in [1.29, 1.82) is 0 Å². The van der Waals surface area contributed by atoms with Crippen LogP contribution in [0.25, 0.3) is 0 Å². The van der Waals surface area contributed by atoms with Crippen LogP contribution in [-0.2, 0) is 9.53 Å². The van der Waals surface area contributed by atoms with Gasteiger partial charge in [0.15, 0.2) is 0 Å². The minimum Gasteiger partial charge on any atom is -0.466 e. The third-order valence-corrected chi connectivity index (χ3v) is 3.73. The second-order valence-electron chi connectivity index (χ2n) is 5.29. The third-order valence-electron chi connectivity index (χ3n) is 3.73. The number of alkyl halides is 3. The smallest absolute Gasteiger partial charge is 0.408 e. The van der Waals surface area contributed by atoms with Gasteiger partial charge in [-0.3, -0.25) is 0 Å². The summed E-state index contributed by atoms with van der Waals surface area (Å²) in [6.45, 7) is 3.28. The van der Waals surface area contributed by atoms with Gasteiger partial charge >= 0.3 is 18.2 Å². The van der Waals surface area contributed by atoms with Crippen LogP contribution in [0.5, 0.6) is 0 Å². The highest BCUT2D eigenvalue weighted by molar-refractivity contribution is 5.90. The average Bonchev–Trinajstić information content (AvgIpc) is 2.49. The fraction of sp³-hybridized carbons (Fsp3) is 0.714. The Hall–Kier alpha value is -1.73. The van der Waals surface area contributed by atoms with Crippen LogP contribution < -0.4 is 5.32 Å². The van der Waals surface area contributed by atoms with Crippen LogP contribution in [0.15, 0.2) is 11.6 Å². The van der Waals surface area contributed by atoms with Crippen molar-refractivity contribution >= 4 is 12.0 Å². The van der Waals surface area contributed by atoms with E-state index in [4.69, 9.17) is 0 Å². The number of methoxy groups -OCH3 is 1. The molecule has 0 radical (unpaired) electrons. The Labute approximate surface area is 127 Å². The number of nitrogens with zero attached hydrogens (tertiary/aromatic N) is 1. The molecule has 5 nitrogen and oxygen atoms in total. The molecule has 1 heterocycles. The quantitative estimate of drug-likeness (QED) is 0.809. The van der Waals surface area contributed by atoms with E-state index in [9.17, 15) is 22.8 Å². The summed E-state index contributed by atoms with van der Waals surface area (Å²) in [5, 5.41) is 2.04. The predicted octanol–water partition coefficient (Wildman–Crippen LogP) is 2.48. The molecule has 0 aromatic heterocycles. The zero-order chi connectivity index (χ0) is 16.9. The van der Waals surface area contributed by atoms with Gasteiger partial charge in [0.1, 0.15) is 6.04 Å². The Morgan fingerprint density at radius 1 is 1.45 bits per heavy atom. The molecule has 0 fully saturated rings. The first-order valence-corrected chi connectivity index (χ1v) is 7.10. The normalized spacial score (nSPS) is 18.3. The van der Waals surface area contributed by atoms with Crippen molar-refractivity contribution in [3.63, 3.8) is 0 Å². The van der Waals surface area contributed by atoms with E-state index in [1.807, 2.05) is 5.32 Å². The van der Waals surface area contributed by atoms with Gasteiger partial charge in [-0.05, 0) is 12.3 Å². The van der Waals surface area contributed by atoms with Crippen LogP contribution in [0.2, 0.25) is 0 Å². The molecule has 1 rings (SSSR count). The zero-order valence-electron chi connectivity index (χ0n) is 12.9. The van der Waals surface area contributed by atoms with Gasteiger partial charge in [-0.1, -0.05) is 26.3 Å². The van der Waals surface area contributed by atoms with Crippen LogP contribution >= 0.6 is 0 Å². The molecule has 0 aliphatic carbocycles. The second kappa shape index (κ2) is 7.51. The molecule has 1 N–H and O–H groups in total. The number of nitrogens with one attached hydrogen (secondary N) is 1. The van der Waals surface area contributed by atoms with Gasteiger partial charge in [-0.2, -0.15) is 13.2 Å². The van der Waals surface area contributed by atoms with Gasteiger partial charge in [0.05, 0.1) is 19.2 Å². The summed E-state index contributed by atoms with van der Waals surface area (Å²) in [6.07, 6.45) is -2.19. The number of amides is 2.